The summed E-state index contributed by atoms with van der Waals surface area (Å²) >= 11 is 5.80. The largest absolute Gasteiger partial charge is 0.472 e. The van der Waals surface area contributed by atoms with E-state index in [0.717, 1.165) is 12.1 Å². The highest BCUT2D eigenvalue weighted by molar-refractivity contribution is 6.28. The van der Waals surface area contributed by atoms with Gasteiger partial charge in [-0.2, -0.15) is 4.98 Å². The molecule has 0 spiro atoms. The van der Waals surface area contributed by atoms with Gasteiger partial charge < -0.3 is 14.4 Å². The van der Waals surface area contributed by atoms with Gasteiger partial charge in [-0.05, 0) is 39.3 Å². The zero-order valence-corrected chi connectivity index (χ0v) is 13.5. The summed E-state index contributed by atoms with van der Waals surface area (Å²) in [6.45, 7) is 8.46. The maximum absolute atomic E-state index is 12.0. The Labute approximate surface area is 129 Å². The van der Waals surface area contributed by atoms with Crippen molar-refractivity contribution in [3.8, 4) is 5.88 Å². The van der Waals surface area contributed by atoms with Gasteiger partial charge in [-0.15, -0.1) is 0 Å². The van der Waals surface area contributed by atoms with Crippen LogP contribution in [0.25, 0.3) is 0 Å². The van der Waals surface area contributed by atoms with Crippen LogP contribution < -0.4 is 4.74 Å². The lowest BCUT2D eigenvalue weighted by atomic mass is 10.2. The quantitative estimate of drug-likeness (QED) is 0.786. The van der Waals surface area contributed by atoms with Gasteiger partial charge in [0.1, 0.15) is 11.7 Å². The Morgan fingerprint density at radius 3 is 2.76 bits per heavy atom. The number of halogens is 1. The third-order valence-electron chi connectivity index (χ3n) is 2.89. The van der Waals surface area contributed by atoms with Gasteiger partial charge in [-0.25, -0.2) is 9.78 Å². The maximum atomic E-state index is 12.0. The van der Waals surface area contributed by atoms with Gasteiger partial charge in [-0.1, -0.05) is 0 Å². The number of likely N-dealkylation sites (tertiary alicyclic amines) is 1. The Morgan fingerprint density at radius 2 is 2.14 bits per heavy atom. The first-order chi connectivity index (χ1) is 9.73. The fourth-order valence-corrected chi connectivity index (χ4v) is 2.27. The summed E-state index contributed by atoms with van der Waals surface area (Å²) in [6.07, 6.45) is 0.313. The molecule has 6 nitrogen and oxygen atoms in total. The van der Waals surface area contributed by atoms with Gasteiger partial charge in [0, 0.05) is 24.7 Å². The van der Waals surface area contributed by atoms with Crippen molar-refractivity contribution in [3.63, 3.8) is 0 Å². The molecule has 1 aliphatic heterocycles. The van der Waals surface area contributed by atoms with E-state index in [1.807, 2.05) is 27.7 Å². The molecule has 1 aliphatic rings. The number of aryl methyl sites for hydroxylation is 1. The van der Waals surface area contributed by atoms with Crippen molar-refractivity contribution in [1.29, 1.82) is 0 Å². The van der Waals surface area contributed by atoms with Crippen molar-refractivity contribution in [2.24, 2.45) is 0 Å². The van der Waals surface area contributed by atoms with Gasteiger partial charge in [0.15, 0.2) is 0 Å². The number of carbonyl (C=O) groups is 1. The van der Waals surface area contributed by atoms with E-state index in [4.69, 9.17) is 21.1 Å². The number of rotatable bonds is 2. The van der Waals surface area contributed by atoms with Crippen molar-refractivity contribution in [3.05, 3.63) is 17.0 Å². The molecule has 0 radical (unpaired) electrons. The van der Waals surface area contributed by atoms with Crippen molar-refractivity contribution in [1.82, 2.24) is 14.9 Å². The average molecular weight is 314 g/mol. The van der Waals surface area contributed by atoms with Crippen LogP contribution in [0.4, 0.5) is 4.79 Å². The molecular formula is C14H20ClN3O3. The van der Waals surface area contributed by atoms with Crippen molar-refractivity contribution < 1.29 is 14.3 Å². The first-order valence-electron chi connectivity index (χ1n) is 6.89. The highest BCUT2D eigenvalue weighted by atomic mass is 35.5. The summed E-state index contributed by atoms with van der Waals surface area (Å²) in [5, 5.41) is 0.159. The molecule has 0 saturated carbocycles. The number of hydrogen-bond donors (Lipinski definition) is 0. The Kier molecular flexibility index (Phi) is 4.56. The maximum Gasteiger partial charge on any atom is 0.410 e. The van der Waals surface area contributed by atoms with Gasteiger partial charge in [0.25, 0.3) is 0 Å². The van der Waals surface area contributed by atoms with Gasteiger partial charge in [0.05, 0.1) is 6.54 Å². The molecule has 1 atom stereocenters. The second-order valence-corrected chi connectivity index (χ2v) is 6.41. The van der Waals surface area contributed by atoms with Crippen LogP contribution in [0.1, 0.15) is 32.9 Å². The van der Waals surface area contributed by atoms with E-state index in [0.29, 0.717) is 19.0 Å². The molecule has 21 heavy (non-hydrogen) atoms. The number of aromatic nitrogens is 2. The molecular weight excluding hydrogens is 294 g/mol. The lowest BCUT2D eigenvalue weighted by Crippen LogP contribution is -2.36. The molecule has 0 N–H and O–H groups in total. The molecule has 1 aromatic rings. The molecule has 1 aromatic heterocycles. The minimum absolute atomic E-state index is 0.108. The van der Waals surface area contributed by atoms with E-state index < -0.39 is 5.60 Å². The minimum atomic E-state index is -0.493. The molecule has 2 rings (SSSR count). The fraction of sp³-hybridized carbons (Fsp3) is 0.643. The topological polar surface area (TPSA) is 64.5 Å². The fourth-order valence-electron chi connectivity index (χ4n) is 2.05. The predicted octanol–water partition coefficient (Wildman–Crippen LogP) is 2.83. The van der Waals surface area contributed by atoms with E-state index in [2.05, 4.69) is 9.97 Å². The molecule has 1 saturated heterocycles. The Hall–Kier alpha value is -1.56. The number of amides is 1. The van der Waals surface area contributed by atoms with E-state index >= 15 is 0 Å². The number of carbonyl (C=O) groups excluding carboxylic acids is 1. The van der Waals surface area contributed by atoms with Crippen LogP contribution in [0.5, 0.6) is 5.88 Å². The molecule has 2 heterocycles. The summed E-state index contributed by atoms with van der Waals surface area (Å²) < 4.78 is 11.1. The van der Waals surface area contributed by atoms with Crippen LogP contribution in [0.2, 0.25) is 5.28 Å². The van der Waals surface area contributed by atoms with Gasteiger partial charge in [0.2, 0.25) is 11.2 Å². The SMILES string of the molecule is Cc1cc(O[C@@H]2CCN(C(=O)OC(C)(C)C)C2)nc(Cl)n1. The molecule has 1 fully saturated rings. The van der Waals surface area contributed by atoms with Crippen molar-refractivity contribution >= 4 is 17.7 Å². The summed E-state index contributed by atoms with van der Waals surface area (Å²) in [4.78, 5) is 21.6. The lowest BCUT2D eigenvalue weighted by molar-refractivity contribution is 0.0275. The second-order valence-electron chi connectivity index (χ2n) is 6.07. The average Bonchev–Trinajstić information content (AvgIpc) is 2.73. The van der Waals surface area contributed by atoms with Crippen molar-refractivity contribution in [2.75, 3.05) is 13.1 Å². The molecule has 1 amide bonds. The van der Waals surface area contributed by atoms with Crippen LogP contribution in [0, 0.1) is 6.92 Å². The minimum Gasteiger partial charge on any atom is -0.472 e. The summed E-state index contributed by atoms with van der Waals surface area (Å²) in [5.41, 5.74) is 0.250. The standard InChI is InChI=1S/C14H20ClN3O3/c1-9-7-11(17-12(15)16-9)20-10-5-6-18(8-10)13(19)21-14(2,3)4/h7,10H,5-6,8H2,1-4H3/t10-/m1/s1. The first-order valence-corrected chi connectivity index (χ1v) is 7.26. The number of nitrogens with zero attached hydrogens (tertiary/aromatic N) is 3. The zero-order chi connectivity index (χ0) is 15.6. The molecule has 116 valence electrons. The van der Waals surface area contributed by atoms with E-state index in [1.165, 1.54) is 0 Å². The Morgan fingerprint density at radius 1 is 1.43 bits per heavy atom. The summed E-state index contributed by atoms with van der Waals surface area (Å²) in [5.74, 6) is 0.434. The van der Waals surface area contributed by atoms with Gasteiger partial charge >= 0.3 is 6.09 Å². The van der Waals surface area contributed by atoms with E-state index in [-0.39, 0.29) is 17.5 Å². The molecule has 0 bridgehead atoms. The third-order valence-corrected chi connectivity index (χ3v) is 3.06. The molecule has 7 heteroatoms. The third kappa shape index (κ3) is 4.74. The van der Waals surface area contributed by atoms with Crippen LogP contribution in [0.15, 0.2) is 6.07 Å². The van der Waals surface area contributed by atoms with E-state index in [9.17, 15) is 4.79 Å². The van der Waals surface area contributed by atoms with Crippen LogP contribution in [0.3, 0.4) is 0 Å². The Balaban J connectivity index is 1.92. The number of ether oxygens (including phenoxy) is 2. The van der Waals surface area contributed by atoms with Crippen LogP contribution in [-0.2, 0) is 4.74 Å². The predicted molar refractivity (Wildman–Crippen MR) is 78.6 cm³/mol. The highest BCUT2D eigenvalue weighted by Gasteiger charge is 2.31. The van der Waals surface area contributed by atoms with Crippen molar-refractivity contribution in [2.45, 2.75) is 45.8 Å². The summed E-state index contributed by atoms with van der Waals surface area (Å²) in [6, 6.07) is 1.72. The van der Waals surface area contributed by atoms with Crippen LogP contribution >= 0.6 is 11.6 Å². The monoisotopic (exact) mass is 313 g/mol. The van der Waals surface area contributed by atoms with E-state index in [1.54, 1.807) is 11.0 Å². The van der Waals surface area contributed by atoms with Gasteiger partial charge in [-0.3, -0.25) is 0 Å². The second kappa shape index (κ2) is 6.05. The molecule has 0 unspecified atom stereocenters. The first kappa shape index (κ1) is 15.8. The smallest absolute Gasteiger partial charge is 0.410 e. The normalized spacial score (nSPS) is 18.7. The lowest BCUT2D eigenvalue weighted by Gasteiger charge is -2.24. The molecule has 0 aliphatic carbocycles. The Bertz CT molecular complexity index is 510. The molecule has 0 aromatic carbocycles. The zero-order valence-electron chi connectivity index (χ0n) is 12.7. The summed E-state index contributed by atoms with van der Waals surface area (Å²) in [7, 11) is 0. The highest BCUT2D eigenvalue weighted by Crippen LogP contribution is 2.20. The van der Waals surface area contributed by atoms with Crippen LogP contribution in [-0.4, -0.2) is 45.8 Å². The number of hydrogen-bond acceptors (Lipinski definition) is 5.